The summed E-state index contributed by atoms with van der Waals surface area (Å²) in [5.41, 5.74) is 0.374. The van der Waals surface area contributed by atoms with Crippen molar-refractivity contribution in [2.24, 2.45) is 5.92 Å². The van der Waals surface area contributed by atoms with Crippen LogP contribution in [-0.2, 0) is 11.3 Å². The number of aromatic nitrogens is 2. The van der Waals surface area contributed by atoms with Gasteiger partial charge in [-0.3, -0.25) is 19.7 Å². The lowest BCUT2D eigenvalue weighted by Gasteiger charge is -2.30. The molecule has 1 aromatic carbocycles. The van der Waals surface area contributed by atoms with Gasteiger partial charge in [-0.1, -0.05) is 24.8 Å². The maximum atomic E-state index is 12.4. The molecule has 2 amide bonds. The fraction of sp³-hybridized carbons (Fsp3) is 0.474. The minimum Gasteiger partial charge on any atom is -0.414 e. The second-order valence-corrected chi connectivity index (χ2v) is 8.13. The Hall–Kier alpha value is -2.95. The molecule has 0 bridgehead atoms. The Balaban J connectivity index is 1.50. The van der Waals surface area contributed by atoms with Gasteiger partial charge in [0.1, 0.15) is 0 Å². The highest BCUT2D eigenvalue weighted by atomic mass is 32.2. The largest absolute Gasteiger partial charge is 0.414 e. The van der Waals surface area contributed by atoms with E-state index in [-0.39, 0.29) is 46.1 Å². The molecule has 1 aliphatic rings. The molecular weight excluding hydrogens is 410 g/mol. The van der Waals surface area contributed by atoms with Crippen molar-refractivity contribution in [2.45, 2.75) is 38.5 Å². The number of likely N-dealkylation sites (tertiary alicyclic amines) is 1. The fourth-order valence-electron chi connectivity index (χ4n) is 3.16. The van der Waals surface area contributed by atoms with E-state index in [0.717, 1.165) is 37.7 Å². The average Bonchev–Trinajstić information content (AvgIpc) is 3.18. The number of nitro benzene ring substituents is 1. The van der Waals surface area contributed by atoms with Crippen molar-refractivity contribution < 1.29 is 18.9 Å². The fourth-order valence-corrected chi connectivity index (χ4v) is 3.84. The van der Waals surface area contributed by atoms with Gasteiger partial charge >= 0.3 is 0 Å². The van der Waals surface area contributed by atoms with Gasteiger partial charge in [-0.15, -0.1) is 10.2 Å². The molecule has 1 fully saturated rings. The number of carbonyl (C=O) groups excluding carboxylic acids is 2. The summed E-state index contributed by atoms with van der Waals surface area (Å²) in [7, 11) is 0. The van der Waals surface area contributed by atoms with Crippen LogP contribution in [0.25, 0.3) is 0 Å². The number of nitrogens with one attached hydrogen (secondary N) is 1. The molecule has 11 heteroatoms. The number of amides is 2. The first-order chi connectivity index (χ1) is 14.3. The van der Waals surface area contributed by atoms with E-state index in [2.05, 4.69) is 22.4 Å². The van der Waals surface area contributed by atoms with Crippen LogP contribution < -0.4 is 5.32 Å². The highest BCUT2D eigenvalue weighted by Crippen LogP contribution is 2.22. The van der Waals surface area contributed by atoms with Gasteiger partial charge in [-0.25, -0.2) is 0 Å². The van der Waals surface area contributed by atoms with Crippen molar-refractivity contribution in [1.82, 2.24) is 20.4 Å². The molecule has 0 radical (unpaired) electrons. The summed E-state index contributed by atoms with van der Waals surface area (Å²) in [6, 6.07) is 4.32. The zero-order valence-electron chi connectivity index (χ0n) is 16.8. The normalized spacial score (nSPS) is 14.5. The highest BCUT2D eigenvalue weighted by Gasteiger charge is 2.21. The van der Waals surface area contributed by atoms with Gasteiger partial charge < -0.3 is 14.6 Å². The molecule has 0 atom stereocenters. The molecule has 1 aromatic heterocycles. The van der Waals surface area contributed by atoms with Crippen molar-refractivity contribution >= 4 is 29.3 Å². The first-order valence-corrected chi connectivity index (χ1v) is 10.6. The molecule has 0 unspecified atom stereocenters. The van der Waals surface area contributed by atoms with Gasteiger partial charge in [0.05, 0.1) is 17.2 Å². The molecule has 30 heavy (non-hydrogen) atoms. The Bertz CT molecular complexity index is 939. The van der Waals surface area contributed by atoms with Gasteiger partial charge in [0.25, 0.3) is 16.8 Å². The summed E-state index contributed by atoms with van der Waals surface area (Å²) >= 11 is 1.16. The number of benzene rings is 1. The van der Waals surface area contributed by atoms with Crippen molar-refractivity contribution in [3.63, 3.8) is 0 Å². The number of rotatable bonds is 7. The second kappa shape index (κ2) is 9.70. The van der Waals surface area contributed by atoms with E-state index in [0.29, 0.717) is 5.92 Å². The summed E-state index contributed by atoms with van der Waals surface area (Å²) in [5, 5.41) is 21.6. The number of nitrogens with zero attached hydrogens (tertiary/aromatic N) is 4. The first kappa shape index (κ1) is 21.8. The second-order valence-electron chi connectivity index (χ2n) is 7.20. The molecular formula is C19H23N5O5S. The van der Waals surface area contributed by atoms with Crippen LogP contribution in [0.2, 0.25) is 0 Å². The summed E-state index contributed by atoms with van der Waals surface area (Å²) in [4.78, 5) is 37.0. The van der Waals surface area contributed by atoms with Crippen LogP contribution >= 0.6 is 11.8 Å². The maximum Gasteiger partial charge on any atom is 0.277 e. The smallest absolute Gasteiger partial charge is 0.277 e. The third-order valence-electron chi connectivity index (χ3n) is 5.05. The predicted octanol–water partition coefficient (Wildman–Crippen LogP) is 2.57. The van der Waals surface area contributed by atoms with Gasteiger partial charge in [0.2, 0.25) is 11.8 Å². The molecule has 1 aliphatic heterocycles. The predicted molar refractivity (Wildman–Crippen MR) is 109 cm³/mol. The number of piperidine rings is 1. The summed E-state index contributed by atoms with van der Waals surface area (Å²) in [5.74, 6) is 0.628. The zero-order chi connectivity index (χ0) is 21.7. The number of thioether (sulfide) groups is 1. The Kier molecular flexibility index (Phi) is 7.03. The van der Waals surface area contributed by atoms with Crippen LogP contribution in [0.3, 0.4) is 0 Å². The summed E-state index contributed by atoms with van der Waals surface area (Å²) in [6.45, 7) is 5.24. The molecule has 2 heterocycles. The Morgan fingerprint density at radius 2 is 2.07 bits per heavy atom. The van der Waals surface area contributed by atoms with Crippen LogP contribution in [0, 0.1) is 23.0 Å². The average molecular weight is 433 g/mol. The van der Waals surface area contributed by atoms with E-state index < -0.39 is 10.8 Å². The van der Waals surface area contributed by atoms with Crippen LogP contribution in [-0.4, -0.2) is 50.7 Å². The molecule has 2 aromatic rings. The van der Waals surface area contributed by atoms with Crippen molar-refractivity contribution in [1.29, 1.82) is 0 Å². The Morgan fingerprint density at radius 3 is 2.77 bits per heavy atom. The first-order valence-electron chi connectivity index (χ1n) is 9.60. The molecule has 3 rings (SSSR count). The molecule has 0 aliphatic carbocycles. The van der Waals surface area contributed by atoms with Crippen molar-refractivity contribution in [2.75, 3.05) is 18.8 Å². The Labute approximate surface area is 177 Å². The molecule has 160 valence electrons. The number of nitro groups is 1. The van der Waals surface area contributed by atoms with Crippen LogP contribution in [0.15, 0.2) is 27.8 Å². The summed E-state index contributed by atoms with van der Waals surface area (Å²) in [6.07, 6.45) is 2.04. The van der Waals surface area contributed by atoms with Gasteiger partial charge in [-0.2, -0.15) is 0 Å². The summed E-state index contributed by atoms with van der Waals surface area (Å²) < 4.78 is 5.46. The highest BCUT2D eigenvalue weighted by molar-refractivity contribution is 7.99. The molecule has 0 saturated carbocycles. The number of hydrogen-bond acceptors (Lipinski definition) is 8. The van der Waals surface area contributed by atoms with Gasteiger partial charge in [-0.05, 0) is 31.7 Å². The van der Waals surface area contributed by atoms with E-state index in [4.69, 9.17) is 4.42 Å². The molecule has 0 spiro atoms. The van der Waals surface area contributed by atoms with Crippen molar-refractivity contribution in [3.8, 4) is 0 Å². The van der Waals surface area contributed by atoms with E-state index in [1.807, 2.05) is 4.90 Å². The lowest BCUT2D eigenvalue weighted by atomic mass is 9.99. The SMILES string of the molecule is Cc1c(C(=O)NCc2nnc(SCC(=O)N3CCC(C)CC3)o2)cccc1[N+](=O)[O-]. The van der Waals surface area contributed by atoms with Crippen LogP contribution in [0.1, 0.15) is 41.6 Å². The lowest BCUT2D eigenvalue weighted by Crippen LogP contribution is -2.38. The standard InChI is InChI=1S/C19H23N5O5S/c1-12-6-8-23(9-7-12)17(25)11-30-19-22-21-16(29-19)10-20-18(26)14-4-3-5-15(13(14)2)24(27)28/h3-5,12H,6-11H2,1-2H3,(H,20,26). The van der Waals surface area contributed by atoms with Crippen LogP contribution in [0.4, 0.5) is 5.69 Å². The maximum absolute atomic E-state index is 12.4. The third-order valence-corrected chi connectivity index (χ3v) is 5.85. The topological polar surface area (TPSA) is 131 Å². The van der Waals surface area contributed by atoms with E-state index in [9.17, 15) is 19.7 Å². The van der Waals surface area contributed by atoms with E-state index >= 15 is 0 Å². The number of carbonyl (C=O) groups is 2. The van der Waals surface area contributed by atoms with Gasteiger partial charge in [0.15, 0.2) is 0 Å². The van der Waals surface area contributed by atoms with Crippen molar-refractivity contribution in [3.05, 3.63) is 45.3 Å². The Morgan fingerprint density at radius 1 is 1.33 bits per heavy atom. The molecule has 1 saturated heterocycles. The van der Waals surface area contributed by atoms with E-state index in [1.54, 1.807) is 0 Å². The third kappa shape index (κ3) is 5.35. The monoisotopic (exact) mass is 433 g/mol. The molecule has 1 N–H and O–H groups in total. The number of hydrogen-bond donors (Lipinski definition) is 1. The lowest BCUT2D eigenvalue weighted by molar-refractivity contribution is -0.385. The van der Waals surface area contributed by atoms with Crippen LogP contribution in [0.5, 0.6) is 0 Å². The molecule has 10 nitrogen and oxygen atoms in total. The van der Waals surface area contributed by atoms with E-state index in [1.165, 1.54) is 25.1 Å². The zero-order valence-corrected chi connectivity index (χ0v) is 17.6. The van der Waals surface area contributed by atoms with Gasteiger partial charge in [0, 0.05) is 30.3 Å². The minimum absolute atomic E-state index is 0.0213. The quantitative estimate of drug-likeness (QED) is 0.400. The minimum atomic E-state index is -0.528.